The number of pyridine rings is 1. The van der Waals surface area contributed by atoms with Crippen LogP contribution in [0.2, 0.25) is 0 Å². The molecule has 21 heavy (non-hydrogen) atoms. The summed E-state index contributed by atoms with van der Waals surface area (Å²) in [5, 5.41) is 12.2. The van der Waals surface area contributed by atoms with Crippen molar-refractivity contribution in [2.24, 2.45) is 0 Å². The van der Waals surface area contributed by atoms with Crippen molar-refractivity contribution in [3.05, 3.63) is 59.4 Å². The molecular weight excluding hydrogens is 262 g/mol. The number of aromatic nitrogens is 1. The molecular formula is C17H19N3O. The molecule has 0 saturated heterocycles. The Bertz CT molecular complexity index is 617. The molecule has 1 aromatic heterocycles. The van der Waals surface area contributed by atoms with Crippen molar-refractivity contribution in [2.75, 3.05) is 6.54 Å². The van der Waals surface area contributed by atoms with E-state index in [9.17, 15) is 0 Å². The minimum absolute atomic E-state index is 0.336. The molecule has 1 atom stereocenters. The van der Waals surface area contributed by atoms with Gasteiger partial charge in [0.25, 0.3) is 0 Å². The molecule has 4 nitrogen and oxygen atoms in total. The van der Waals surface area contributed by atoms with Gasteiger partial charge in [0.15, 0.2) is 0 Å². The highest BCUT2D eigenvalue weighted by Crippen LogP contribution is 2.18. The third-order valence-electron chi connectivity index (χ3n) is 3.23. The lowest BCUT2D eigenvalue weighted by Gasteiger charge is -2.13. The van der Waals surface area contributed by atoms with Crippen LogP contribution in [-0.4, -0.2) is 11.5 Å². The van der Waals surface area contributed by atoms with Crippen LogP contribution in [0.5, 0.6) is 5.75 Å². The van der Waals surface area contributed by atoms with Gasteiger partial charge in [-0.2, -0.15) is 5.26 Å². The molecule has 0 saturated carbocycles. The second kappa shape index (κ2) is 7.41. The number of nitriles is 1. The summed E-state index contributed by atoms with van der Waals surface area (Å²) in [5.41, 5.74) is 2.58. The molecule has 0 aliphatic heterocycles. The first kappa shape index (κ1) is 15.0. The Balaban J connectivity index is 1.96. The third-order valence-corrected chi connectivity index (χ3v) is 3.23. The number of rotatable bonds is 6. The molecule has 0 spiro atoms. The SMILES string of the molecule is CCNC(C)c1ccc(OCc2ccnc(C#N)c2)cc1. The summed E-state index contributed by atoms with van der Waals surface area (Å²) < 4.78 is 5.73. The monoisotopic (exact) mass is 281 g/mol. The molecule has 4 heteroatoms. The van der Waals surface area contributed by atoms with Crippen molar-refractivity contribution < 1.29 is 4.74 Å². The van der Waals surface area contributed by atoms with Gasteiger partial charge in [0.2, 0.25) is 0 Å². The minimum atomic E-state index is 0.336. The Morgan fingerprint density at radius 2 is 2.05 bits per heavy atom. The van der Waals surface area contributed by atoms with E-state index in [1.54, 1.807) is 12.3 Å². The minimum Gasteiger partial charge on any atom is -0.489 e. The van der Waals surface area contributed by atoms with Crippen molar-refractivity contribution in [3.63, 3.8) is 0 Å². The topological polar surface area (TPSA) is 57.9 Å². The van der Waals surface area contributed by atoms with Gasteiger partial charge in [-0.3, -0.25) is 0 Å². The third kappa shape index (κ3) is 4.30. The van der Waals surface area contributed by atoms with Crippen LogP contribution in [0.4, 0.5) is 0 Å². The number of ether oxygens (including phenoxy) is 1. The first-order valence-corrected chi connectivity index (χ1v) is 7.04. The zero-order chi connectivity index (χ0) is 15.1. The summed E-state index contributed by atoms with van der Waals surface area (Å²) in [4.78, 5) is 3.94. The number of nitrogens with one attached hydrogen (secondary N) is 1. The van der Waals surface area contributed by atoms with Crippen molar-refractivity contribution >= 4 is 0 Å². The lowest BCUT2D eigenvalue weighted by Crippen LogP contribution is -2.17. The lowest BCUT2D eigenvalue weighted by atomic mass is 10.1. The Morgan fingerprint density at radius 3 is 2.71 bits per heavy atom. The zero-order valence-electron chi connectivity index (χ0n) is 12.3. The molecule has 0 aliphatic rings. The normalized spacial score (nSPS) is 11.7. The molecule has 0 amide bonds. The quantitative estimate of drug-likeness (QED) is 0.883. The molecule has 2 rings (SSSR count). The molecule has 0 aliphatic carbocycles. The van der Waals surface area contributed by atoms with Crippen LogP contribution in [0.1, 0.15) is 36.7 Å². The number of nitrogens with zero attached hydrogens (tertiary/aromatic N) is 2. The van der Waals surface area contributed by atoms with Crippen LogP contribution in [-0.2, 0) is 6.61 Å². The zero-order valence-corrected chi connectivity index (χ0v) is 12.3. The number of hydrogen-bond donors (Lipinski definition) is 1. The summed E-state index contributed by atoms with van der Waals surface area (Å²) in [7, 11) is 0. The second-order valence-corrected chi connectivity index (χ2v) is 4.80. The maximum Gasteiger partial charge on any atom is 0.140 e. The van der Waals surface area contributed by atoms with E-state index in [2.05, 4.69) is 36.3 Å². The number of hydrogen-bond acceptors (Lipinski definition) is 4. The Labute approximate surface area is 125 Å². The van der Waals surface area contributed by atoms with E-state index in [1.807, 2.05) is 24.3 Å². The summed E-state index contributed by atoms with van der Waals surface area (Å²) >= 11 is 0. The molecule has 1 N–H and O–H groups in total. The van der Waals surface area contributed by atoms with E-state index in [4.69, 9.17) is 10.00 Å². The smallest absolute Gasteiger partial charge is 0.140 e. The Hall–Kier alpha value is -2.38. The molecule has 1 unspecified atom stereocenters. The molecule has 0 radical (unpaired) electrons. The van der Waals surface area contributed by atoms with Crippen LogP contribution in [0, 0.1) is 11.3 Å². The Morgan fingerprint density at radius 1 is 1.29 bits per heavy atom. The highest BCUT2D eigenvalue weighted by molar-refractivity contribution is 5.30. The van der Waals surface area contributed by atoms with Gasteiger partial charge in [-0.15, -0.1) is 0 Å². The van der Waals surface area contributed by atoms with E-state index in [1.165, 1.54) is 5.56 Å². The van der Waals surface area contributed by atoms with E-state index < -0.39 is 0 Å². The maximum atomic E-state index is 8.81. The number of benzene rings is 1. The standard InChI is InChI=1S/C17H19N3O/c1-3-19-13(2)15-4-6-17(7-5-15)21-12-14-8-9-20-16(10-14)11-18/h4-10,13,19H,3,12H2,1-2H3. The summed E-state index contributed by atoms with van der Waals surface area (Å²) in [6.07, 6.45) is 1.62. The van der Waals surface area contributed by atoms with Crippen LogP contribution >= 0.6 is 0 Å². The average molecular weight is 281 g/mol. The molecule has 1 aromatic carbocycles. The molecule has 1 heterocycles. The van der Waals surface area contributed by atoms with E-state index in [0.717, 1.165) is 17.9 Å². The summed E-state index contributed by atoms with van der Waals surface area (Å²) in [6.45, 7) is 5.61. The highest BCUT2D eigenvalue weighted by atomic mass is 16.5. The van der Waals surface area contributed by atoms with Crippen molar-refractivity contribution in [1.82, 2.24) is 10.3 Å². The Kier molecular flexibility index (Phi) is 5.30. The van der Waals surface area contributed by atoms with Gasteiger partial charge < -0.3 is 10.1 Å². The maximum absolute atomic E-state index is 8.81. The van der Waals surface area contributed by atoms with Crippen molar-refractivity contribution in [3.8, 4) is 11.8 Å². The predicted molar refractivity (Wildman–Crippen MR) is 81.8 cm³/mol. The fraction of sp³-hybridized carbons (Fsp3) is 0.294. The van der Waals surface area contributed by atoms with E-state index in [-0.39, 0.29) is 0 Å². The molecule has 0 bridgehead atoms. The largest absolute Gasteiger partial charge is 0.489 e. The lowest BCUT2D eigenvalue weighted by molar-refractivity contribution is 0.306. The van der Waals surface area contributed by atoms with E-state index in [0.29, 0.717) is 18.3 Å². The van der Waals surface area contributed by atoms with Crippen LogP contribution in [0.3, 0.4) is 0 Å². The van der Waals surface area contributed by atoms with Gasteiger partial charge in [0, 0.05) is 12.2 Å². The van der Waals surface area contributed by atoms with Gasteiger partial charge in [-0.05, 0) is 48.9 Å². The van der Waals surface area contributed by atoms with Gasteiger partial charge in [0.05, 0.1) is 0 Å². The second-order valence-electron chi connectivity index (χ2n) is 4.80. The van der Waals surface area contributed by atoms with Crippen molar-refractivity contribution in [1.29, 1.82) is 5.26 Å². The molecule has 108 valence electrons. The molecule has 2 aromatic rings. The summed E-state index contributed by atoms with van der Waals surface area (Å²) in [6, 6.07) is 14.0. The predicted octanol–water partition coefficient (Wildman–Crippen LogP) is 3.20. The van der Waals surface area contributed by atoms with Gasteiger partial charge in [-0.25, -0.2) is 4.98 Å². The van der Waals surface area contributed by atoms with Crippen LogP contribution in [0.25, 0.3) is 0 Å². The van der Waals surface area contributed by atoms with Crippen molar-refractivity contribution in [2.45, 2.75) is 26.5 Å². The van der Waals surface area contributed by atoms with Gasteiger partial charge >= 0.3 is 0 Å². The first-order chi connectivity index (χ1) is 10.2. The summed E-state index contributed by atoms with van der Waals surface area (Å²) in [5.74, 6) is 0.817. The van der Waals surface area contributed by atoms with Crippen LogP contribution in [0.15, 0.2) is 42.6 Å². The first-order valence-electron chi connectivity index (χ1n) is 7.04. The highest BCUT2D eigenvalue weighted by Gasteiger charge is 2.04. The van der Waals surface area contributed by atoms with Gasteiger partial charge in [0.1, 0.15) is 24.1 Å². The van der Waals surface area contributed by atoms with Gasteiger partial charge in [-0.1, -0.05) is 19.1 Å². The van der Waals surface area contributed by atoms with E-state index >= 15 is 0 Å². The fourth-order valence-electron chi connectivity index (χ4n) is 2.07. The fourth-order valence-corrected chi connectivity index (χ4v) is 2.07. The average Bonchev–Trinajstić information content (AvgIpc) is 2.54. The van der Waals surface area contributed by atoms with Crippen LogP contribution < -0.4 is 10.1 Å². The molecule has 0 fully saturated rings.